The van der Waals surface area contributed by atoms with E-state index in [2.05, 4.69) is 48.0 Å². The molecule has 2 aromatic rings. The lowest BCUT2D eigenvalue weighted by Gasteiger charge is -2.11. The normalized spacial score (nSPS) is 12.6. The average Bonchev–Trinajstić information content (AvgIpc) is 2.77. The Hall–Kier alpha value is -1.12. The third-order valence-electron chi connectivity index (χ3n) is 3.12. The molecule has 2 N–H and O–H groups in total. The van der Waals surface area contributed by atoms with E-state index in [-0.39, 0.29) is 6.04 Å². The Bertz CT molecular complexity index is 447. The summed E-state index contributed by atoms with van der Waals surface area (Å²) in [4.78, 5) is 0. The smallest absolute Gasteiger partial charge is 0.0305 e. The van der Waals surface area contributed by atoms with Crippen molar-refractivity contribution in [2.24, 2.45) is 5.73 Å². The first-order valence-electron chi connectivity index (χ1n) is 6.09. The zero-order chi connectivity index (χ0) is 12.1. The Morgan fingerprint density at radius 2 is 1.94 bits per heavy atom. The van der Waals surface area contributed by atoms with Crippen molar-refractivity contribution in [2.45, 2.75) is 32.2 Å². The van der Waals surface area contributed by atoms with Crippen LogP contribution in [0.3, 0.4) is 0 Å². The molecule has 2 heteroatoms. The van der Waals surface area contributed by atoms with Crippen molar-refractivity contribution in [1.29, 1.82) is 0 Å². The summed E-state index contributed by atoms with van der Waals surface area (Å²) in [6.07, 6.45) is 3.34. The molecule has 0 fully saturated rings. The molecule has 90 valence electrons. The molecule has 1 nitrogen and oxygen atoms in total. The minimum atomic E-state index is 0.199. The Balaban J connectivity index is 1.81. The first-order valence-corrected chi connectivity index (χ1v) is 7.04. The fraction of sp³-hybridized carbons (Fsp3) is 0.333. The predicted octanol–water partition coefficient (Wildman–Crippen LogP) is 4.08. The first kappa shape index (κ1) is 12.3. The van der Waals surface area contributed by atoms with Gasteiger partial charge in [0.15, 0.2) is 0 Å². The SMILES string of the molecule is Cc1cscc1C(N)CCCc1ccccc1. The minimum Gasteiger partial charge on any atom is -0.324 e. The van der Waals surface area contributed by atoms with Gasteiger partial charge in [-0.15, -0.1) is 0 Å². The van der Waals surface area contributed by atoms with Gasteiger partial charge in [0.25, 0.3) is 0 Å². The van der Waals surface area contributed by atoms with E-state index in [0.29, 0.717) is 0 Å². The summed E-state index contributed by atoms with van der Waals surface area (Å²) in [5.74, 6) is 0. The molecule has 1 heterocycles. The third kappa shape index (κ3) is 3.42. The molecule has 0 spiro atoms. The fourth-order valence-corrected chi connectivity index (χ4v) is 2.99. The number of rotatable bonds is 5. The van der Waals surface area contributed by atoms with Crippen LogP contribution in [0.15, 0.2) is 41.1 Å². The molecule has 1 unspecified atom stereocenters. The average molecular weight is 245 g/mol. The quantitative estimate of drug-likeness (QED) is 0.844. The monoisotopic (exact) mass is 245 g/mol. The summed E-state index contributed by atoms with van der Waals surface area (Å²) in [7, 11) is 0. The van der Waals surface area contributed by atoms with Gasteiger partial charge >= 0.3 is 0 Å². The third-order valence-corrected chi connectivity index (χ3v) is 4.00. The molecular formula is C15H19NS. The molecule has 0 aliphatic heterocycles. The fourth-order valence-electron chi connectivity index (χ4n) is 2.08. The first-order chi connectivity index (χ1) is 8.27. The zero-order valence-electron chi connectivity index (χ0n) is 10.2. The zero-order valence-corrected chi connectivity index (χ0v) is 11.0. The second kappa shape index (κ2) is 5.99. The second-order valence-corrected chi connectivity index (χ2v) is 5.24. The number of aryl methyl sites for hydroxylation is 2. The van der Waals surface area contributed by atoms with Gasteiger partial charge in [-0.2, -0.15) is 11.3 Å². The van der Waals surface area contributed by atoms with Gasteiger partial charge < -0.3 is 5.73 Å². The lowest BCUT2D eigenvalue weighted by molar-refractivity contribution is 0.610. The highest BCUT2D eigenvalue weighted by Crippen LogP contribution is 2.23. The van der Waals surface area contributed by atoms with Crippen LogP contribution in [0.4, 0.5) is 0 Å². The molecule has 2 rings (SSSR count). The molecule has 0 bridgehead atoms. The van der Waals surface area contributed by atoms with E-state index >= 15 is 0 Å². The van der Waals surface area contributed by atoms with E-state index in [9.17, 15) is 0 Å². The number of thiophene rings is 1. The van der Waals surface area contributed by atoms with Gasteiger partial charge in [0.05, 0.1) is 0 Å². The standard InChI is InChI=1S/C15H19NS/c1-12-10-17-11-14(12)15(16)9-5-8-13-6-3-2-4-7-13/h2-4,6-7,10-11,15H,5,8-9,16H2,1H3. The Morgan fingerprint density at radius 1 is 1.18 bits per heavy atom. The van der Waals surface area contributed by atoms with E-state index < -0.39 is 0 Å². The molecule has 1 atom stereocenters. The van der Waals surface area contributed by atoms with Gasteiger partial charge in [0.2, 0.25) is 0 Å². The summed E-state index contributed by atoms with van der Waals surface area (Å²) in [6, 6.07) is 10.8. The van der Waals surface area contributed by atoms with Gasteiger partial charge in [-0.3, -0.25) is 0 Å². The number of benzene rings is 1. The summed E-state index contributed by atoms with van der Waals surface area (Å²) < 4.78 is 0. The van der Waals surface area contributed by atoms with Crippen molar-refractivity contribution < 1.29 is 0 Å². The maximum atomic E-state index is 6.21. The van der Waals surface area contributed by atoms with Crippen molar-refractivity contribution in [1.82, 2.24) is 0 Å². The summed E-state index contributed by atoms with van der Waals surface area (Å²) in [5, 5.41) is 4.36. The number of hydrogen-bond donors (Lipinski definition) is 1. The second-order valence-electron chi connectivity index (χ2n) is 4.49. The molecular weight excluding hydrogens is 226 g/mol. The number of nitrogens with two attached hydrogens (primary N) is 1. The molecule has 0 amide bonds. The molecule has 0 saturated carbocycles. The highest BCUT2D eigenvalue weighted by atomic mass is 32.1. The highest BCUT2D eigenvalue weighted by Gasteiger charge is 2.09. The van der Waals surface area contributed by atoms with E-state index in [4.69, 9.17) is 5.73 Å². The molecule has 0 aliphatic carbocycles. The maximum absolute atomic E-state index is 6.21. The van der Waals surface area contributed by atoms with Crippen molar-refractivity contribution in [3.63, 3.8) is 0 Å². The molecule has 17 heavy (non-hydrogen) atoms. The van der Waals surface area contributed by atoms with Crippen molar-refractivity contribution in [2.75, 3.05) is 0 Å². The topological polar surface area (TPSA) is 26.0 Å². The van der Waals surface area contributed by atoms with E-state index in [1.165, 1.54) is 16.7 Å². The summed E-state index contributed by atoms with van der Waals surface area (Å²) in [5.41, 5.74) is 10.3. The Morgan fingerprint density at radius 3 is 2.59 bits per heavy atom. The molecule has 0 radical (unpaired) electrons. The van der Waals surface area contributed by atoms with Crippen LogP contribution < -0.4 is 5.73 Å². The van der Waals surface area contributed by atoms with Crippen LogP contribution in [0.2, 0.25) is 0 Å². The predicted molar refractivity (Wildman–Crippen MR) is 75.4 cm³/mol. The lowest BCUT2D eigenvalue weighted by atomic mass is 10.00. The minimum absolute atomic E-state index is 0.199. The van der Waals surface area contributed by atoms with Gasteiger partial charge in [-0.1, -0.05) is 30.3 Å². The summed E-state index contributed by atoms with van der Waals surface area (Å²) in [6.45, 7) is 2.14. The van der Waals surface area contributed by atoms with E-state index in [1.807, 2.05) is 0 Å². The van der Waals surface area contributed by atoms with Crippen LogP contribution in [-0.2, 0) is 6.42 Å². The largest absolute Gasteiger partial charge is 0.324 e. The van der Waals surface area contributed by atoms with Crippen molar-refractivity contribution in [3.05, 3.63) is 57.8 Å². The maximum Gasteiger partial charge on any atom is 0.0305 e. The van der Waals surface area contributed by atoms with Crippen LogP contribution >= 0.6 is 11.3 Å². The van der Waals surface area contributed by atoms with Crippen LogP contribution in [-0.4, -0.2) is 0 Å². The molecule has 0 aliphatic rings. The van der Waals surface area contributed by atoms with Crippen LogP contribution in [0.5, 0.6) is 0 Å². The Labute approximate surface area is 107 Å². The van der Waals surface area contributed by atoms with Gasteiger partial charge in [0, 0.05) is 6.04 Å². The van der Waals surface area contributed by atoms with E-state index in [1.54, 1.807) is 11.3 Å². The van der Waals surface area contributed by atoms with Crippen molar-refractivity contribution in [3.8, 4) is 0 Å². The molecule has 1 aromatic heterocycles. The van der Waals surface area contributed by atoms with Crippen LogP contribution in [0.25, 0.3) is 0 Å². The molecule has 1 aromatic carbocycles. The highest BCUT2D eigenvalue weighted by molar-refractivity contribution is 7.08. The van der Waals surface area contributed by atoms with Gasteiger partial charge in [-0.05, 0) is 53.6 Å². The van der Waals surface area contributed by atoms with Gasteiger partial charge in [-0.25, -0.2) is 0 Å². The Kier molecular flexibility index (Phi) is 4.35. The van der Waals surface area contributed by atoms with Crippen LogP contribution in [0, 0.1) is 6.92 Å². The van der Waals surface area contributed by atoms with Crippen LogP contribution in [0.1, 0.15) is 35.6 Å². The number of hydrogen-bond acceptors (Lipinski definition) is 2. The molecule has 0 saturated heterocycles. The van der Waals surface area contributed by atoms with E-state index in [0.717, 1.165) is 19.3 Å². The lowest BCUT2D eigenvalue weighted by Crippen LogP contribution is -2.10. The van der Waals surface area contributed by atoms with Gasteiger partial charge in [0.1, 0.15) is 0 Å². The van der Waals surface area contributed by atoms with Crippen molar-refractivity contribution >= 4 is 11.3 Å². The summed E-state index contributed by atoms with van der Waals surface area (Å²) >= 11 is 1.74.